The Balaban J connectivity index is 1.39. The fourth-order valence-corrected chi connectivity index (χ4v) is 3.20. The van der Waals surface area contributed by atoms with Crippen molar-refractivity contribution in [3.63, 3.8) is 0 Å². The van der Waals surface area contributed by atoms with E-state index in [0.717, 1.165) is 22.9 Å². The standard InChI is InChI=1S/C24H15N5O7/c30-23(21-12-11-20(28(32)33)14-22(21)29(34)35)26-25-18-7-9-19(10-8-18)27-36-24(31)17-6-5-15-3-1-2-4-16(15)13-17/h1-14,27H. The second-order valence-electron chi connectivity index (χ2n) is 7.32. The third-order valence-corrected chi connectivity index (χ3v) is 4.99. The lowest BCUT2D eigenvalue weighted by Gasteiger charge is -2.07. The van der Waals surface area contributed by atoms with Gasteiger partial charge < -0.3 is 4.84 Å². The molecule has 0 saturated heterocycles. The molecule has 12 nitrogen and oxygen atoms in total. The number of nitro benzene ring substituents is 2. The van der Waals surface area contributed by atoms with E-state index in [1.807, 2.05) is 30.3 Å². The minimum atomic E-state index is -1.04. The number of nitrogens with zero attached hydrogens (tertiary/aromatic N) is 4. The predicted molar refractivity (Wildman–Crippen MR) is 128 cm³/mol. The molecule has 0 aromatic heterocycles. The number of carbonyl (C=O) groups is 2. The number of nitro groups is 2. The molecule has 1 N–H and O–H groups in total. The van der Waals surface area contributed by atoms with Gasteiger partial charge in [-0.2, -0.15) is 0 Å². The average Bonchev–Trinajstić information content (AvgIpc) is 2.90. The number of nitrogens with one attached hydrogen (secondary N) is 1. The summed E-state index contributed by atoms with van der Waals surface area (Å²) in [6.07, 6.45) is 0. The molecule has 0 atom stereocenters. The van der Waals surface area contributed by atoms with E-state index in [0.29, 0.717) is 17.3 Å². The van der Waals surface area contributed by atoms with Crippen LogP contribution in [0.1, 0.15) is 20.7 Å². The number of amides is 1. The number of carbonyl (C=O) groups excluding carboxylic acids is 2. The smallest absolute Gasteiger partial charge is 0.338 e. The summed E-state index contributed by atoms with van der Waals surface area (Å²) in [6, 6.07) is 21.3. The van der Waals surface area contributed by atoms with Gasteiger partial charge in [0.2, 0.25) is 0 Å². The lowest BCUT2D eigenvalue weighted by atomic mass is 10.1. The van der Waals surface area contributed by atoms with Crippen LogP contribution in [-0.2, 0) is 4.84 Å². The summed E-state index contributed by atoms with van der Waals surface area (Å²) in [5, 5.41) is 31.1. The summed E-state index contributed by atoms with van der Waals surface area (Å²) in [5.74, 6) is -1.62. The molecule has 0 saturated carbocycles. The second-order valence-corrected chi connectivity index (χ2v) is 7.32. The highest BCUT2D eigenvalue weighted by atomic mass is 16.7. The Morgan fingerprint density at radius 1 is 0.806 bits per heavy atom. The number of azo groups is 1. The molecular weight excluding hydrogens is 470 g/mol. The summed E-state index contributed by atoms with van der Waals surface area (Å²) >= 11 is 0. The van der Waals surface area contributed by atoms with Gasteiger partial charge in [0.15, 0.2) is 0 Å². The van der Waals surface area contributed by atoms with Gasteiger partial charge in [-0.05, 0) is 53.2 Å². The van der Waals surface area contributed by atoms with Crippen LogP contribution in [-0.4, -0.2) is 21.7 Å². The Hall–Kier alpha value is -5.52. The van der Waals surface area contributed by atoms with Crippen LogP contribution in [0.2, 0.25) is 0 Å². The molecule has 0 radical (unpaired) electrons. The first-order chi connectivity index (χ1) is 17.3. The van der Waals surface area contributed by atoms with Crippen molar-refractivity contribution in [1.29, 1.82) is 0 Å². The van der Waals surface area contributed by atoms with Gasteiger partial charge >= 0.3 is 11.9 Å². The maximum atomic E-state index is 12.3. The van der Waals surface area contributed by atoms with Crippen LogP contribution in [0.15, 0.2) is 95.2 Å². The van der Waals surface area contributed by atoms with Gasteiger partial charge in [0.1, 0.15) is 5.56 Å². The van der Waals surface area contributed by atoms with E-state index < -0.39 is 38.7 Å². The Labute approximate surface area is 202 Å². The van der Waals surface area contributed by atoms with Crippen LogP contribution >= 0.6 is 0 Å². The molecule has 0 heterocycles. The van der Waals surface area contributed by atoms with Crippen molar-refractivity contribution in [2.75, 3.05) is 5.48 Å². The number of non-ortho nitro benzene ring substituents is 1. The summed E-state index contributed by atoms with van der Waals surface area (Å²) in [7, 11) is 0. The number of benzene rings is 4. The lowest BCUT2D eigenvalue weighted by Crippen LogP contribution is -2.10. The van der Waals surface area contributed by atoms with Gasteiger partial charge in [-0.3, -0.25) is 25.0 Å². The molecule has 1 amide bonds. The van der Waals surface area contributed by atoms with Crippen molar-refractivity contribution in [2.24, 2.45) is 10.2 Å². The predicted octanol–water partition coefficient (Wildman–Crippen LogP) is 5.76. The molecule has 0 fully saturated rings. The Kier molecular flexibility index (Phi) is 6.68. The molecule has 36 heavy (non-hydrogen) atoms. The monoisotopic (exact) mass is 485 g/mol. The van der Waals surface area contributed by atoms with Crippen LogP contribution in [0.5, 0.6) is 0 Å². The van der Waals surface area contributed by atoms with E-state index >= 15 is 0 Å². The number of hydrogen-bond donors (Lipinski definition) is 1. The van der Waals surface area contributed by atoms with E-state index in [-0.39, 0.29) is 5.69 Å². The van der Waals surface area contributed by atoms with Gasteiger partial charge in [-0.25, -0.2) is 10.3 Å². The van der Waals surface area contributed by atoms with E-state index in [1.165, 1.54) is 24.3 Å². The first-order valence-corrected chi connectivity index (χ1v) is 10.3. The summed E-state index contributed by atoms with van der Waals surface area (Å²) in [6.45, 7) is 0. The SMILES string of the molecule is O=C(ONc1ccc(N=NC(=O)c2ccc([N+](=O)[O-])cc2[N+](=O)[O-])cc1)c1ccc2ccccc2c1. The van der Waals surface area contributed by atoms with Crippen molar-refractivity contribution in [2.45, 2.75) is 0 Å². The Bertz CT molecular complexity index is 1530. The van der Waals surface area contributed by atoms with Gasteiger partial charge in [0, 0.05) is 6.07 Å². The first-order valence-electron chi connectivity index (χ1n) is 10.3. The number of fused-ring (bicyclic) bond motifs is 1. The molecule has 0 bridgehead atoms. The van der Waals surface area contributed by atoms with Crippen molar-refractivity contribution in [3.05, 3.63) is 116 Å². The zero-order valence-corrected chi connectivity index (χ0v) is 18.2. The first kappa shape index (κ1) is 23.6. The molecule has 0 spiro atoms. The number of rotatable bonds is 7. The zero-order valence-electron chi connectivity index (χ0n) is 18.2. The molecule has 0 aliphatic heterocycles. The maximum Gasteiger partial charge on any atom is 0.362 e. The molecule has 0 aliphatic rings. The van der Waals surface area contributed by atoms with E-state index in [1.54, 1.807) is 12.1 Å². The fraction of sp³-hybridized carbons (Fsp3) is 0. The third kappa shape index (κ3) is 5.34. The minimum absolute atomic E-state index is 0.235. The molecule has 178 valence electrons. The highest BCUT2D eigenvalue weighted by Crippen LogP contribution is 2.26. The highest BCUT2D eigenvalue weighted by Gasteiger charge is 2.24. The Morgan fingerprint density at radius 2 is 1.53 bits per heavy atom. The molecule has 4 rings (SSSR count). The summed E-state index contributed by atoms with van der Waals surface area (Å²) < 4.78 is 0. The molecular formula is C24H15N5O7. The van der Waals surface area contributed by atoms with Gasteiger partial charge in [-0.15, -0.1) is 10.2 Å². The van der Waals surface area contributed by atoms with Crippen molar-refractivity contribution in [3.8, 4) is 0 Å². The van der Waals surface area contributed by atoms with E-state index in [2.05, 4.69) is 15.7 Å². The van der Waals surface area contributed by atoms with E-state index in [4.69, 9.17) is 4.84 Å². The third-order valence-electron chi connectivity index (χ3n) is 4.99. The normalized spacial score (nSPS) is 10.8. The average molecular weight is 485 g/mol. The fourth-order valence-electron chi connectivity index (χ4n) is 3.20. The molecule has 4 aromatic carbocycles. The van der Waals surface area contributed by atoms with Crippen LogP contribution in [0, 0.1) is 20.2 Å². The van der Waals surface area contributed by atoms with Crippen LogP contribution in [0.25, 0.3) is 10.8 Å². The van der Waals surface area contributed by atoms with Gasteiger partial charge in [-0.1, -0.05) is 30.3 Å². The van der Waals surface area contributed by atoms with Gasteiger partial charge in [0.25, 0.3) is 11.4 Å². The van der Waals surface area contributed by atoms with Crippen molar-refractivity contribution in [1.82, 2.24) is 0 Å². The number of hydrogen-bond acceptors (Lipinski definition) is 9. The molecule has 12 heteroatoms. The topological polar surface area (TPSA) is 166 Å². The van der Waals surface area contributed by atoms with Crippen LogP contribution < -0.4 is 5.48 Å². The molecule has 0 aliphatic carbocycles. The number of anilines is 1. The van der Waals surface area contributed by atoms with Crippen LogP contribution in [0.3, 0.4) is 0 Å². The van der Waals surface area contributed by atoms with E-state index in [9.17, 15) is 29.8 Å². The van der Waals surface area contributed by atoms with Crippen LogP contribution in [0.4, 0.5) is 22.7 Å². The lowest BCUT2D eigenvalue weighted by molar-refractivity contribution is -0.394. The molecule has 4 aromatic rings. The Morgan fingerprint density at radius 3 is 2.22 bits per heavy atom. The molecule has 0 unspecified atom stereocenters. The minimum Gasteiger partial charge on any atom is -0.338 e. The summed E-state index contributed by atoms with van der Waals surface area (Å²) in [4.78, 5) is 50.0. The van der Waals surface area contributed by atoms with Crippen molar-refractivity contribution >= 4 is 45.4 Å². The highest BCUT2D eigenvalue weighted by molar-refractivity contribution is 5.99. The zero-order chi connectivity index (χ0) is 25.7. The maximum absolute atomic E-state index is 12.3. The second kappa shape index (κ2) is 10.2. The summed E-state index contributed by atoms with van der Waals surface area (Å²) in [5.41, 5.74) is 1.83. The van der Waals surface area contributed by atoms with Crippen molar-refractivity contribution < 1.29 is 24.3 Å². The van der Waals surface area contributed by atoms with Gasteiger partial charge in [0.05, 0.1) is 32.9 Å². The quantitative estimate of drug-likeness (QED) is 0.196. The largest absolute Gasteiger partial charge is 0.362 e.